The largest absolute Gasteiger partial charge is 0.478 e. The summed E-state index contributed by atoms with van der Waals surface area (Å²) in [6, 6.07) is 8.34. The molecule has 0 unspecified atom stereocenters. The molecule has 0 aliphatic rings. The van der Waals surface area contributed by atoms with E-state index in [4.69, 9.17) is 5.11 Å². The smallest absolute Gasteiger partial charge is 0.336 e. The monoisotopic (exact) mass is 277 g/mol. The molecule has 2 aromatic rings. The Labute approximate surface area is 115 Å². The highest BCUT2D eigenvalue weighted by atomic mass is 32.2. The number of rotatable bonds is 5. The number of pyridine rings is 1. The van der Waals surface area contributed by atoms with E-state index < -0.39 is 5.97 Å². The minimum Gasteiger partial charge on any atom is -0.478 e. The fraction of sp³-hybridized carbons (Fsp3) is 0.286. The zero-order valence-electron chi connectivity index (χ0n) is 10.6. The molecule has 0 bridgehead atoms. The number of benzene rings is 1. The van der Waals surface area contributed by atoms with Crippen molar-refractivity contribution in [3.05, 3.63) is 46.2 Å². The van der Waals surface area contributed by atoms with Crippen molar-refractivity contribution in [3.8, 4) is 0 Å². The number of aromatic carboxylic acids is 1. The predicted molar refractivity (Wildman–Crippen MR) is 78.2 cm³/mol. The fourth-order valence-corrected chi connectivity index (χ4v) is 2.64. The standard InChI is InChI=1S/C14H15NO3S/c1-2-19-8-7-15-12-6-4-3-5-10(12)11(14(17)18)9-13(15)16/h3-6,9H,2,7-8H2,1H3,(H,17,18). The molecule has 100 valence electrons. The summed E-state index contributed by atoms with van der Waals surface area (Å²) in [6.07, 6.45) is 0. The summed E-state index contributed by atoms with van der Waals surface area (Å²) in [5.74, 6) is 0.774. The fourth-order valence-electron chi connectivity index (χ4n) is 2.04. The molecule has 19 heavy (non-hydrogen) atoms. The van der Waals surface area contributed by atoms with Crippen molar-refractivity contribution in [3.63, 3.8) is 0 Å². The molecule has 0 atom stereocenters. The molecule has 0 fully saturated rings. The van der Waals surface area contributed by atoms with E-state index in [0.717, 1.165) is 11.5 Å². The molecule has 1 aromatic heterocycles. The van der Waals surface area contributed by atoms with Gasteiger partial charge in [0.05, 0.1) is 11.1 Å². The van der Waals surface area contributed by atoms with Gasteiger partial charge < -0.3 is 9.67 Å². The van der Waals surface area contributed by atoms with E-state index in [1.165, 1.54) is 6.07 Å². The first-order valence-corrected chi connectivity index (χ1v) is 7.24. The molecule has 1 heterocycles. The van der Waals surface area contributed by atoms with Crippen LogP contribution in [0.1, 0.15) is 17.3 Å². The molecular weight excluding hydrogens is 262 g/mol. The molecule has 1 N–H and O–H groups in total. The van der Waals surface area contributed by atoms with Gasteiger partial charge >= 0.3 is 5.97 Å². The quantitative estimate of drug-likeness (QED) is 0.853. The van der Waals surface area contributed by atoms with Gasteiger partial charge in [-0.15, -0.1) is 0 Å². The summed E-state index contributed by atoms with van der Waals surface area (Å²) >= 11 is 1.75. The molecule has 0 saturated carbocycles. The van der Waals surface area contributed by atoms with E-state index in [9.17, 15) is 9.59 Å². The van der Waals surface area contributed by atoms with Gasteiger partial charge in [0.1, 0.15) is 0 Å². The molecule has 0 aliphatic heterocycles. The number of carbonyl (C=O) groups is 1. The van der Waals surface area contributed by atoms with Crippen LogP contribution in [0.4, 0.5) is 0 Å². The maximum atomic E-state index is 12.0. The molecule has 0 spiro atoms. The number of nitrogens with zero attached hydrogens (tertiary/aromatic N) is 1. The molecule has 0 radical (unpaired) electrons. The average Bonchev–Trinajstić information content (AvgIpc) is 2.40. The van der Waals surface area contributed by atoms with Crippen molar-refractivity contribution < 1.29 is 9.90 Å². The van der Waals surface area contributed by atoms with Crippen molar-refractivity contribution in [1.29, 1.82) is 0 Å². The Morgan fingerprint density at radius 3 is 2.79 bits per heavy atom. The van der Waals surface area contributed by atoms with Gasteiger partial charge in [0.2, 0.25) is 0 Å². The van der Waals surface area contributed by atoms with E-state index in [2.05, 4.69) is 6.92 Å². The molecule has 2 rings (SSSR count). The van der Waals surface area contributed by atoms with Gasteiger partial charge in [0, 0.05) is 23.8 Å². The lowest BCUT2D eigenvalue weighted by molar-refractivity contribution is 0.0698. The van der Waals surface area contributed by atoms with Gasteiger partial charge in [0.25, 0.3) is 5.56 Å². The maximum absolute atomic E-state index is 12.0. The molecule has 5 heteroatoms. The van der Waals surface area contributed by atoms with Crippen LogP contribution in [0.2, 0.25) is 0 Å². The number of fused-ring (bicyclic) bond motifs is 1. The summed E-state index contributed by atoms with van der Waals surface area (Å²) < 4.78 is 1.64. The van der Waals surface area contributed by atoms with Gasteiger partial charge in [0.15, 0.2) is 0 Å². The van der Waals surface area contributed by atoms with E-state index in [-0.39, 0.29) is 11.1 Å². The van der Waals surface area contributed by atoms with Crippen LogP contribution in [0.5, 0.6) is 0 Å². The van der Waals surface area contributed by atoms with E-state index >= 15 is 0 Å². The highest BCUT2D eigenvalue weighted by molar-refractivity contribution is 7.99. The third-order valence-corrected chi connectivity index (χ3v) is 3.79. The van der Waals surface area contributed by atoms with Crippen LogP contribution < -0.4 is 5.56 Å². The van der Waals surface area contributed by atoms with Crippen LogP contribution in [0.15, 0.2) is 35.1 Å². The van der Waals surface area contributed by atoms with Crippen LogP contribution in [0.3, 0.4) is 0 Å². The zero-order valence-corrected chi connectivity index (χ0v) is 11.4. The summed E-state index contributed by atoms with van der Waals surface area (Å²) in [5.41, 5.74) is 0.497. The first-order valence-electron chi connectivity index (χ1n) is 6.08. The Morgan fingerprint density at radius 2 is 2.11 bits per heavy atom. The highest BCUT2D eigenvalue weighted by Crippen LogP contribution is 2.17. The predicted octanol–water partition coefficient (Wildman–Crippen LogP) is 2.45. The Morgan fingerprint density at radius 1 is 1.37 bits per heavy atom. The molecule has 0 amide bonds. The van der Waals surface area contributed by atoms with E-state index in [1.807, 2.05) is 6.07 Å². The lowest BCUT2D eigenvalue weighted by Crippen LogP contribution is -2.23. The molecule has 0 aliphatic carbocycles. The summed E-state index contributed by atoms with van der Waals surface area (Å²) in [5, 5.41) is 9.77. The number of para-hydroxylation sites is 1. The molecular formula is C14H15NO3S. The van der Waals surface area contributed by atoms with Crippen LogP contribution in [-0.2, 0) is 6.54 Å². The lowest BCUT2D eigenvalue weighted by atomic mass is 10.1. The van der Waals surface area contributed by atoms with Crippen LogP contribution in [0, 0.1) is 0 Å². The zero-order chi connectivity index (χ0) is 13.8. The second-order valence-electron chi connectivity index (χ2n) is 4.07. The van der Waals surface area contributed by atoms with Crippen molar-refractivity contribution in [1.82, 2.24) is 4.57 Å². The number of aromatic nitrogens is 1. The van der Waals surface area contributed by atoms with Gasteiger partial charge in [-0.1, -0.05) is 25.1 Å². The number of hydrogen-bond donors (Lipinski definition) is 1. The van der Waals surface area contributed by atoms with Crippen molar-refractivity contribution in [2.75, 3.05) is 11.5 Å². The Hall–Kier alpha value is -1.75. The summed E-state index contributed by atoms with van der Waals surface area (Å²) in [4.78, 5) is 23.2. The number of aryl methyl sites for hydroxylation is 1. The first-order chi connectivity index (χ1) is 9.15. The van der Waals surface area contributed by atoms with Gasteiger partial charge in [-0.3, -0.25) is 4.79 Å². The Bertz CT molecular complexity index is 663. The van der Waals surface area contributed by atoms with Gasteiger partial charge in [-0.25, -0.2) is 4.79 Å². The van der Waals surface area contributed by atoms with Crippen molar-refractivity contribution in [2.45, 2.75) is 13.5 Å². The van der Waals surface area contributed by atoms with Gasteiger partial charge in [-0.2, -0.15) is 11.8 Å². The minimum absolute atomic E-state index is 0.0694. The first kappa shape index (κ1) is 13.7. The summed E-state index contributed by atoms with van der Waals surface area (Å²) in [7, 11) is 0. The van der Waals surface area contributed by atoms with Crippen LogP contribution in [-0.4, -0.2) is 27.1 Å². The van der Waals surface area contributed by atoms with Gasteiger partial charge in [-0.05, 0) is 11.8 Å². The second-order valence-corrected chi connectivity index (χ2v) is 5.46. The molecule has 4 nitrogen and oxygen atoms in total. The van der Waals surface area contributed by atoms with E-state index in [1.54, 1.807) is 34.5 Å². The second kappa shape index (κ2) is 5.93. The third-order valence-electron chi connectivity index (χ3n) is 2.91. The Kier molecular flexibility index (Phi) is 4.27. The van der Waals surface area contributed by atoms with Crippen molar-refractivity contribution >= 4 is 28.6 Å². The number of hydrogen-bond acceptors (Lipinski definition) is 3. The molecule has 1 aromatic carbocycles. The highest BCUT2D eigenvalue weighted by Gasteiger charge is 2.13. The van der Waals surface area contributed by atoms with Crippen LogP contribution >= 0.6 is 11.8 Å². The molecule has 0 saturated heterocycles. The Balaban J connectivity index is 2.59. The van der Waals surface area contributed by atoms with Crippen LogP contribution in [0.25, 0.3) is 10.9 Å². The topological polar surface area (TPSA) is 59.3 Å². The minimum atomic E-state index is -1.07. The lowest BCUT2D eigenvalue weighted by Gasteiger charge is -2.11. The van der Waals surface area contributed by atoms with Crippen molar-refractivity contribution in [2.24, 2.45) is 0 Å². The average molecular weight is 277 g/mol. The number of carboxylic acid groups (broad SMARTS) is 1. The normalized spacial score (nSPS) is 10.8. The maximum Gasteiger partial charge on any atom is 0.336 e. The SMILES string of the molecule is CCSCCn1c(=O)cc(C(=O)O)c2ccccc21. The number of thioether (sulfide) groups is 1. The van der Waals surface area contributed by atoms with E-state index in [0.29, 0.717) is 17.4 Å². The third kappa shape index (κ3) is 2.81. The number of carboxylic acids is 1. The summed E-state index contributed by atoms with van der Waals surface area (Å²) in [6.45, 7) is 2.66.